The first-order chi connectivity index (χ1) is 13.8. The van der Waals surface area contributed by atoms with Gasteiger partial charge in [-0.05, 0) is 44.5 Å². The Morgan fingerprint density at radius 1 is 1.24 bits per heavy atom. The summed E-state index contributed by atoms with van der Waals surface area (Å²) in [5.41, 5.74) is 3.32. The van der Waals surface area contributed by atoms with E-state index in [0.717, 1.165) is 33.5 Å². The van der Waals surface area contributed by atoms with E-state index in [4.69, 9.17) is 14.7 Å². The van der Waals surface area contributed by atoms with Gasteiger partial charge in [0.2, 0.25) is 0 Å². The molecule has 5 nitrogen and oxygen atoms in total. The van der Waals surface area contributed by atoms with Crippen LogP contribution in [0.4, 0.5) is 4.39 Å². The number of fused-ring (bicyclic) bond motifs is 4. The molecule has 0 saturated carbocycles. The van der Waals surface area contributed by atoms with Gasteiger partial charge in [-0.1, -0.05) is 12.1 Å². The molecule has 0 atom stereocenters. The number of pyridine rings is 1. The predicted octanol–water partition coefficient (Wildman–Crippen LogP) is 4.35. The molecule has 1 aliphatic rings. The highest BCUT2D eigenvalue weighted by atomic mass is 32.1. The number of nitrogens with zero attached hydrogens (tertiary/aromatic N) is 3. The molecule has 148 valence electrons. The average molecular weight is 409 g/mol. The molecule has 0 unspecified atom stereocenters. The topological polar surface area (TPSA) is 57.0 Å². The number of halogens is 1. The first kappa shape index (κ1) is 18.4. The third-order valence-corrected chi connectivity index (χ3v) is 6.47. The molecule has 0 amide bonds. The summed E-state index contributed by atoms with van der Waals surface area (Å²) < 4.78 is 21.3. The largest absolute Gasteiger partial charge is 0.370 e. The van der Waals surface area contributed by atoms with E-state index < -0.39 is 0 Å². The molecular weight excluding hydrogens is 389 g/mol. The van der Waals surface area contributed by atoms with Crippen molar-refractivity contribution in [3.8, 4) is 0 Å². The van der Waals surface area contributed by atoms with Gasteiger partial charge in [0.1, 0.15) is 21.2 Å². The zero-order valence-corrected chi connectivity index (χ0v) is 17.3. The van der Waals surface area contributed by atoms with Crippen LogP contribution in [0.1, 0.15) is 36.5 Å². The summed E-state index contributed by atoms with van der Waals surface area (Å²) in [6.07, 6.45) is 0.744. The lowest BCUT2D eigenvalue weighted by Crippen LogP contribution is -2.32. The number of rotatable bonds is 2. The molecule has 0 aliphatic carbocycles. The number of benzene rings is 1. The van der Waals surface area contributed by atoms with Crippen molar-refractivity contribution >= 4 is 31.8 Å². The predicted molar refractivity (Wildman–Crippen MR) is 112 cm³/mol. The lowest BCUT2D eigenvalue weighted by atomic mass is 9.95. The highest BCUT2D eigenvalue weighted by Gasteiger charge is 2.28. The second-order valence-corrected chi connectivity index (χ2v) is 9.13. The van der Waals surface area contributed by atoms with Crippen LogP contribution in [0.2, 0.25) is 0 Å². The fourth-order valence-electron chi connectivity index (χ4n) is 3.80. The summed E-state index contributed by atoms with van der Waals surface area (Å²) >= 11 is 1.39. The zero-order chi connectivity index (χ0) is 20.3. The third kappa shape index (κ3) is 3.14. The van der Waals surface area contributed by atoms with Gasteiger partial charge in [0.15, 0.2) is 0 Å². The molecule has 1 aromatic carbocycles. The Bertz CT molecular complexity index is 1320. The van der Waals surface area contributed by atoms with Crippen LogP contribution >= 0.6 is 11.3 Å². The maximum atomic E-state index is 13.2. The van der Waals surface area contributed by atoms with Crippen molar-refractivity contribution in [2.75, 3.05) is 0 Å². The van der Waals surface area contributed by atoms with Crippen molar-refractivity contribution in [1.82, 2.24) is 14.5 Å². The summed E-state index contributed by atoms with van der Waals surface area (Å²) in [5, 5.41) is 0.904. The van der Waals surface area contributed by atoms with E-state index in [1.54, 1.807) is 16.7 Å². The molecule has 0 saturated heterocycles. The Labute approximate surface area is 170 Å². The van der Waals surface area contributed by atoms with Crippen molar-refractivity contribution in [3.05, 3.63) is 69.1 Å². The van der Waals surface area contributed by atoms with Gasteiger partial charge in [-0.2, -0.15) is 0 Å². The fraction of sp³-hybridized carbons (Fsp3) is 0.318. The van der Waals surface area contributed by atoms with Crippen LogP contribution in [0.15, 0.2) is 35.1 Å². The number of aryl methyl sites for hydroxylation is 1. The van der Waals surface area contributed by atoms with Crippen molar-refractivity contribution < 1.29 is 9.13 Å². The normalized spacial score (nSPS) is 15.7. The third-order valence-electron chi connectivity index (χ3n) is 5.39. The van der Waals surface area contributed by atoms with Crippen LogP contribution < -0.4 is 5.56 Å². The van der Waals surface area contributed by atoms with Gasteiger partial charge in [-0.25, -0.2) is 14.4 Å². The fourth-order valence-corrected chi connectivity index (χ4v) is 4.86. The van der Waals surface area contributed by atoms with Crippen LogP contribution in [0.25, 0.3) is 20.4 Å². The van der Waals surface area contributed by atoms with E-state index >= 15 is 0 Å². The molecule has 0 spiro atoms. The van der Waals surface area contributed by atoms with Crippen molar-refractivity contribution in [2.24, 2.45) is 0 Å². The minimum absolute atomic E-state index is 0.0885. The quantitative estimate of drug-likeness (QED) is 0.494. The lowest BCUT2D eigenvalue weighted by Gasteiger charge is -2.30. The minimum atomic E-state index is -0.293. The number of ether oxygens (including phenoxy) is 1. The van der Waals surface area contributed by atoms with Gasteiger partial charge in [0.25, 0.3) is 5.56 Å². The van der Waals surface area contributed by atoms with Crippen molar-refractivity contribution in [3.63, 3.8) is 0 Å². The monoisotopic (exact) mass is 409 g/mol. The van der Waals surface area contributed by atoms with Gasteiger partial charge in [-0.15, -0.1) is 11.3 Å². The van der Waals surface area contributed by atoms with E-state index in [1.165, 1.54) is 23.5 Å². The van der Waals surface area contributed by atoms with Crippen LogP contribution in [0.5, 0.6) is 0 Å². The van der Waals surface area contributed by atoms with Crippen molar-refractivity contribution in [1.29, 1.82) is 0 Å². The summed E-state index contributed by atoms with van der Waals surface area (Å²) in [6, 6.07) is 8.25. The summed E-state index contributed by atoms with van der Waals surface area (Å²) in [7, 11) is 0. The second kappa shape index (κ2) is 6.43. The van der Waals surface area contributed by atoms with E-state index in [0.29, 0.717) is 29.2 Å². The van der Waals surface area contributed by atoms with Crippen LogP contribution in [0, 0.1) is 12.7 Å². The average Bonchev–Trinajstić information content (AvgIpc) is 3.02. The SMILES string of the molecule is Cc1nc2c(sc3nc4c(cc32)COC(C)(C)C4)c(=O)n1Cc1ccc(F)cc1. The van der Waals surface area contributed by atoms with Crippen molar-refractivity contribution in [2.45, 2.75) is 45.9 Å². The Kier molecular flexibility index (Phi) is 4.08. The Hall–Kier alpha value is -2.64. The van der Waals surface area contributed by atoms with E-state index in [2.05, 4.69) is 19.9 Å². The van der Waals surface area contributed by atoms with Gasteiger partial charge in [0.05, 0.1) is 30.0 Å². The molecule has 1 aliphatic heterocycles. The maximum absolute atomic E-state index is 13.2. The molecule has 0 bridgehead atoms. The highest BCUT2D eigenvalue weighted by molar-refractivity contribution is 7.25. The van der Waals surface area contributed by atoms with Gasteiger partial charge in [-0.3, -0.25) is 9.36 Å². The molecule has 3 aromatic heterocycles. The highest BCUT2D eigenvalue weighted by Crippen LogP contribution is 2.34. The molecule has 0 N–H and O–H groups in total. The van der Waals surface area contributed by atoms with E-state index in [9.17, 15) is 9.18 Å². The van der Waals surface area contributed by atoms with Gasteiger partial charge in [0, 0.05) is 17.4 Å². The summed E-state index contributed by atoms with van der Waals surface area (Å²) in [4.78, 5) is 23.6. The summed E-state index contributed by atoms with van der Waals surface area (Å²) in [5.74, 6) is 0.333. The smallest absolute Gasteiger partial charge is 0.271 e. The molecule has 4 aromatic rings. The molecule has 29 heavy (non-hydrogen) atoms. The van der Waals surface area contributed by atoms with Crippen LogP contribution in [0.3, 0.4) is 0 Å². The Balaban J connectivity index is 1.66. The maximum Gasteiger partial charge on any atom is 0.271 e. The molecule has 0 radical (unpaired) electrons. The summed E-state index contributed by atoms with van der Waals surface area (Å²) in [6.45, 7) is 6.82. The Morgan fingerprint density at radius 2 is 2.00 bits per heavy atom. The number of aromatic nitrogens is 3. The minimum Gasteiger partial charge on any atom is -0.370 e. The lowest BCUT2D eigenvalue weighted by molar-refractivity contribution is -0.0411. The first-order valence-electron chi connectivity index (χ1n) is 9.51. The Morgan fingerprint density at radius 3 is 2.76 bits per heavy atom. The van der Waals surface area contributed by atoms with Crippen LogP contribution in [-0.2, 0) is 24.3 Å². The van der Waals surface area contributed by atoms with Gasteiger partial charge >= 0.3 is 0 Å². The first-order valence-corrected chi connectivity index (χ1v) is 10.3. The number of thiophene rings is 1. The molecular formula is C22H20FN3O2S. The number of hydrogen-bond donors (Lipinski definition) is 0. The standard InChI is InChI=1S/C22H20FN3O2S/c1-12-24-18-16-8-14-11-28-22(2,3)9-17(14)25-20(16)29-19(18)21(27)26(12)10-13-4-6-15(23)7-5-13/h4-8H,9-11H2,1-3H3. The molecule has 0 fully saturated rings. The van der Waals surface area contributed by atoms with Gasteiger partial charge < -0.3 is 4.74 Å². The molecule has 4 heterocycles. The molecule has 5 rings (SSSR count). The molecule has 7 heteroatoms. The zero-order valence-electron chi connectivity index (χ0n) is 16.5. The number of hydrogen-bond acceptors (Lipinski definition) is 5. The van der Waals surface area contributed by atoms with E-state index in [-0.39, 0.29) is 17.0 Å². The second-order valence-electron chi connectivity index (χ2n) is 8.13. The van der Waals surface area contributed by atoms with Crippen LogP contribution in [-0.4, -0.2) is 20.1 Å². The van der Waals surface area contributed by atoms with E-state index in [1.807, 2.05) is 6.92 Å².